The molecule has 0 spiro atoms. The average Bonchev–Trinajstić information content (AvgIpc) is 2.46. The average molecular weight is 292 g/mol. The Bertz CT molecular complexity index is 434. The second kappa shape index (κ2) is 7.04. The SMILES string of the molecule is CC(C)(C)CNc1nccc(N2CCN(CCN)CC2)n1. The van der Waals surface area contributed by atoms with Gasteiger partial charge in [-0.3, -0.25) is 4.90 Å². The van der Waals surface area contributed by atoms with Gasteiger partial charge in [-0.15, -0.1) is 0 Å². The first-order valence-corrected chi connectivity index (χ1v) is 7.72. The third-order valence-corrected chi connectivity index (χ3v) is 3.56. The van der Waals surface area contributed by atoms with Crippen LogP contribution in [0.15, 0.2) is 12.3 Å². The van der Waals surface area contributed by atoms with Crippen LogP contribution in [0.3, 0.4) is 0 Å². The highest BCUT2D eigenvalue weighted by molar-refractivity contribution is 5.43. The van der Waals surface area contributed by atoms with Gasteiger partial charge in [0.05, 0.1) is 0 Å². The minimum Gasteiger partial charge on any atom is -0.354 e. The number of anilines is 2. The van der Waals surface area contributed by atoms with Crippen molar-refractivity contribution in [3.8, 4) is 0 Å². The predicted octanol–water partition coefficient (Wildman–Crippen LogP) is 1.02. The molecule has 0 amide bonds. The minimum atomic E-state index is 0.215. The Morgan fingerprint density at radius 1 is 1.24 bits per heavy atom. The van der Waals surface area contributed by atoms with Crippen LogP contribution in [-0.2, 0) is 0 Å². The van der Waals surface area contributed by atoms with Gasteiger partial charge in [-0.1, -0.05) is 20.8 Å². The summed E-state index contributed by atoms with van der Waals surface area (Å²) in [4.78, 5) is 13.7. The van der Waals surface area contributed by atoms with E-state index in [1.807, 2.05) is 12.3 Å². The Morgan fingerprint density at radius 2 is 1.95 bits per heavy atom. The van der Waals surface area contributed by atoms with Crippen molar-refractivity contribution in [3.05, 3.63) is 12.3 Å². The molecule has 6 heteroatoms. The Balaban J connectivity index is 1.92. The van der Waals surface area contributed by atoms with Gasteiger partial charge in [0.2, 0.25) is 5.95 Å². The van der Waals surface area contributed by atoms with Gasteiger partial charge in [0, 0.05) is 52.0 Å². The summed E-state index contributed by atoms with van der Waals surface area (Å²) < 4.78 is 0. The highest BCUT2D eigenvalue weighted by Crippen LogP contribution is 2.17. The van der Waals surface area contributed by atoms with Gasteiger partial charge in [0.15, 0.2) is 0 Å². The smallest absolute Gasteiger partial charge is 0.224 e. The van der Waals surface area contributed by atoms with Crippen LogP contribution in [-0.4, -0.2) is 60.7 Å². The Hall–Kier alpha value is -1.40. The lowest BCUT2D eigenvalue weighted by Gasteiger charge is -2.35. The highest BCUT2D eigenvalue weighted by Gasteiger charge is 2.18. The molecule has 0 saturated carbocycles. The Kier molecular flexibility index (Phi) is 5.36. The summed E-state index contributed by atoms with van der Waals surface area (Å²) >= 11 is 0. The summed E-state index contributed by atoms with van der Waals surface area (Å²) in [6.45, 7) is 13.2. The fraction of sp³-hybridized carbons (Fsp3) is 0.733. The zero-order chi connectivity index (χ0) is 15.3. The molecule has 118 valence electrons. The van der Waals surface area contributed by atoms with Gasteiger partial charge < -0.3 is 16.0 Å². The van der Waals surface area contributed by atoms with Crippen molar-refractivity contribution < 1.29 is 0 Å². The molecule has 0 bridgehead atoms. The lowest BCUT2D eigenvalue weighted by molar-refractivity contribution is 0.264. The van der Waals surface area contributed by atoms with E-state index in [-0.39, 0.29) is 5.41 Å². The van der Waals surface area contributed by atoms with Gasteiger partial charge in [-0.05, 0) is 11.5 Å². The van der Waals surface area contributed by atoms with E-state index in [9.17, 15) is 0 Å². The lowest BCUT2D eigenvalue weighted by atomic mass is 9.97. The van der Waals surface area contributed by atoms with Crippen LogP contribution in [0, 0.1) is 5.41 Å². The van der Waals surface area contributed by atoms with E-state index in [0.29, 0.717) is 5.95 Å². The third kappa shape index (κ3) is 5.13. The predicted molar refractivity (Wildman–Crippen MR) is 87.7 cm³/mol. The number of nitrogens with one attached hydrogen (secondary N) is 1. The number of hydrogen-bond donors (Lipinski definition) is 2. The van der Waals surface area contributed by atoms with Crippen LogP contribution in [0.4, 0.5) is 11.8 Å². The number of nitrogens with zero attached hydrogens (tertiary/aromatic N) is 4. The topological polar surface area (TPSA) is 70.3 Å². The van der Waals surface area contributed by atoms with Gasteiger partial charge in [0.1, 0.15) is 5.82 Å². The molecule has 3 N–H and O–H groups in total. The van der Waals surface area contributed by atoms with E-state index in [1.165, 1.54) is 0 Å². The quantitative estimate of drug-likeness (QED) is 0.844. The zero-order valence-electron chi connectivity index (χ0n) is 13.5. The van der Waals surface area contributed by atoms with Crippen molar-refractivity contribution in [2.24, 2.45) is 11.1 Å². The summed E-state index contributed by atoms with van der Waals surface area (Å²) in [6, 6.07) is 1.99. The maximum absolute atomic E-state index is 5.61. The molecule has 1 aromatic heterocycles. The first-order valence-electron chi connectivity index (χ1n) is 7.72. The van der Waals surface area contributed by atoms with Gasteiger partial charge >= 0.3 is 0 Å². The van der Waals surface area contributed by atoms with E-state index in [4.69, 9.17) is 5.73 Å². The Labute approximate surface area is 127 Å². The maximum Gasteiger partial charge on any atom is 0.224 e. The molecular weight excluding hydrogens is 264 g/mol. The van der Waals surface area contributed by atoms with Crippen molar-refractivity contribution in [3.63, 3.8) is 0 Å². The molecule has 0 aromatic carbocycles. The summed E-state index contributed by atoms with van der Waals surface area (Å²) in [5.41, 5.74) is 5.82. The third-order valence-electron chi connectivity index (χ3n) is 3.56. The molecule has 1 aromatic rings. The first-order chi connectivity index (χ1) is 9.98. The largest absolute Gasteiger partial charge is 0.354 e. The molecule has 1 aliphatic rings. The van der Waals surface area contributed by atoms with E-state index in [2.05, 4.69) is 45.9 Å². The molecule has 6 nitrogen and oxygen atoms in total. The van der Waals surface area contributed by atoms with E-state index >= 15 is 0 Å². The number of aromatic nitrogens is 2. The second-order valence-electron chi connectivity index (χ2n) is 6.77. The monoisotopic (exact) mass is 292 g/mol. The molecule has 0 atom stereocenters. The van der Waals surface area contributed by atoms with Crippen molar-refractivity contribution in [2.75, 3.05) is 56.0 Å². The molecule has 21 heavy (non-hydrogen) atoms. The van der Waals surface area contributed by atoms with Crippen molar-refractivity contribution >= 4 is 11.8 Å². The van der Waals surface area contributed by atoms with E-state index in [0.717, 1.165) is 51.6 Å². The number of piperazine rings is 1. The van der Waals surface area contributed by atoms with E-state index < -0.39 is 0 Å². The van der Waals surface area contributed by atoms with Crippen LogP contribution in [0.5, 0.6) is 0 Å². The van der Waals surface area contributed by atoms with Gasteiger partial charge in [0.25, 0.3) is 0 Å². The number of hydrogen-bond acceptors (Lipinski definition) is 6. The zero-order valence-corrected chi connectivity index (χ0v) is 13.5. The standard InChI is InChI=1S/C15H28N6/c1-15(2,3)12-18-14-17-6-4-13(19-14)21-10-8-20(7-5-16)9-11-21/h4,6H,5,7-12,16H2,1-3H3,(H,17,18,19). The fourth-order valence-electron chi connectivity index (χ4n) is 2.34. The van der Waals surface area contributed by atoms with Crippen molar-refractivity contribution in [2.45, 2.75) is 20.8 Å². The second-order valence-corrected chi connectivity index (χ2v) is 6.77. The lowest BCUT2D eigenvalue weighted by Crippen LogP contribution is -2.48. The van der Waals surface area contributed by atoms with E-state index in [1.54, 1.807) is 0 Å². The molecule has 0 radical (unpaired) electrons. The first kappa shape index (κ1) is 16.0. The van der Waals surface area contributed by atoms with Crippen molar-refractivity contribution in [1.29, 1.82) is 0 Å². The van der Waals surface area contributed by atoms with Gasteiger partial charge in [-0.2, -0.15) is 4.98 Å². The highest BCUT2D eigenvalue weighted by atomic mass is 15.3. The molecule has 0 aliphatic carbocycles. The number of rotatable bonds is 5. The van der Waals surface area contributed by atoms with Crippen LogP contribution in [0.1, 0.15) is 20.8 Å². The molecule has 0 unspecified atom stereocenters. The van der Waals surface area contributed by atoms with Crippen LogP contribution in [0.2, 0.25) is 0 Å². The van der Waals surface area contributed by atoms with Crippen molar-refractivity contribution in [1.82, 2.24) is 14.9 Å². The summed E-state index contributed by atoms with van der Waals surface area (Å²) in [5, 5.41) is 3.32. The van der Waals surface area contributed by atoms with Crippen LogP contribution in [0.25, 0.3) is 0 Å². The number of nitrogens with two attached hydrogens (primary N) is 1. The molecule has 2 heterocycles. The summed E-state index contributed by atoms with van der Waals surface area (Å²) in [7, 11) is 0. The molecule has 2 rings (SSSR count). The molecule has 1 saturated heterocycles. The van der Waals surface area contributed by atoms with Crippen LogP contribution < -0.4 is 16.0 Å². The molecular formula is C15H28N6. The maximum atomic E-state index is 5.61. The summed E-state index contributed by atoms with van der Waals surface area (Å²) in [5.74, 6) is 1.72. The normalized spacial score (nSPS) is 17.0. The summed E-state index contributed by atoms with van der Waals surface area (Å²) in [6.07, 6.45) is 1.83. The fourth-order valence-corrected chi connectivity index (χ4v) is 2.34. The van der Waals surface area contributed by atoms with Crippen LogP contribution >= 0.6 is 0 Å². The molecule has 1 fully saturated rings. The molecule has 1 aliphatic heterocycles. The minimum absolute atomic E-state index is 0.215. The Morgan fingerprint density at radius 3 is 2.57 bits per heavy atom. The van der Waals surface area contributed by atoms with Gasteiger partial charge in [-0.25, -0.2) is 4.98 Å².